The van der Waals surface area contributed by atoms with Crippen LogP contribution in [0.1, 0.15) is 19.8 Å². The van der Waals surface area contributed by atoms with Gasteiger partial charge in [-0.3, -0.25) is 9.59 Å². The van der Waals surface area contributed by atoms with Crippen LogP contribution < -0.4 is 16.0 Å². The summed E-state index contributed by atoms with van der Waals surface area (Å²) in [5.74, 6) is -1.02. The van der Waals surface area contributed by atoms with Crippen LogP contribution in [0.15, 0.2) is 23.9 Å². The quantitative estimate of drug-likeness (QED) is 0.452. The minimum Gasteiger partial charge on any atom is -0.390 e. The van der Waals surface area contributed by atoms with Crippen LogP contribution in [0.4, 0.5) is 11.4 Å². The van der Waals surface area contributed by atoms with Crippen molar-refractivity contribution in [2.75, 3.05) is 17.2 Å². The van der Waals surface area contributed by atoms with E-state index in [4.69, 9.17) is 23.2 Å². The number of rotatable bonds is 4. The number of hydrogen-bond acceptors (Lipinski definition) is 3. The van der Waals surface area contributed by atoms with Crippen LogP contribution in [0.5, 0.6) is 0 Å². The van der Waals surface area contributed by atoms with E-state index in [9.17, 15) is 9.59 Å². The predicted octanol–water partition coefficient (Wildman–Crippen LogP) is 3.16. The molecule has 0 spiro atoms. The third-order valence-electron chi connectivity index (χ3n) is 2.95. The van der Waals surface area contributed by atoms with Crippen molar-refractivity contribution >= 4 is 46.4 Å². The van der Waals surface area contributed by atoms with E-state index in [1.807, 2.05) is 0 Å². The van der Waals surface area contributed by atoms with E-state index >= 15 is 0 Å². The van der Waals surface area contributed by atoms with E-state index in [1.165, 1.54) is 18.3 Å². The molecule has 0 aliphatic carbocycles. The first-order valence-electron chi connectivity index (χ1n) is 6.58. The first kappa shape index (κ1) is 15.7. The molecule has 112 valence electrons. The molecule has 2 rings (SSSR count). The zero-order valence-corrected chi connectivity index (χ0v) is 12.9. The summed E-state index contributed by atoms with van der Waals surface area (Å²) in [5.41, 5.74) is 0.716. The van der Waals surface area contributed by atoms with Gasteiger partial charge in [-0.2, -0.15) is 0 Å². The van der Waals surface area contributed by atoms with Crippen LogP contribution in [0.3, 0.4) is 0 Å². The standard InChI is InChI=1S/C14H15Cl2N3O2/c1-2-3-4-17-7-9-13(20)18-11-6-8(15)5-10(16)12(11)19-14(9)21/h5-7,17H,2-4H2,1H3,(H,18,20)(H,19,21). The van der Waals surface area contributed by atoms with Gasteiger partial charge in [0.05, 0.1) is 16.4 Å². The zero-order chi connectivity index (χ0) is 15.4. The minimum atomic E-state index is -0.514. The fourth-order valence-electron chi connectivity index (χ4n) is 1.86. The van der Waals surface area contributed by atoms with Gasteiger partial charge in [-0.05, 0) is 18.6 Å². The summed E-state index contributed by atoms with van der Waals surface area (Å²) in [5, 5.41) is 8.85. The number of halogens is 2. The van der Waals surface area contributed by atoms with Crippen LogP contribution in [0.25, 0.3) is 0 Å². The number of benzene rings is 1. The highest BCUT2D eigenvalue weighted by Crippen LogP contribution is 2.36. The lowest BCUT2D eigenvalue weighted by Gasteiger charge is -2.08. The van der Waals surface area contributed by atoms with E-state index in [2.05, 4.69) is 22.9 Å². The minimum absolute atomic E-state index is 0.00510. The topological polar surface area (TPSA) is 70.2 Å². The number of nitrogens with one attached hydrogen (secondary N) is 3. The third kappa shape index (κ3) is 3.68. The van der Waals surface area contributed by atoms with E-state index in [1.54, 1.807) is 0 Å². The molecule has 2 amide bonds. The Hall–Kier alpha value is -1.72. The Morgan fingerprint density at radius 2 is 1.90 bits per heavy atom. The van der Waals surface area contributed by atoms with E-state index < -0.39 is 11.8 Å². The lowest BCUT2D eigenvalue weighted by Crippen LogP contribution is -2.24. The molecule has 0 saturated carbocycles. The highest BCUT2D eigenvalue weighted by atomic mass is 35.5. The van der Waals surface area contributed by atoms with Crippen molar-refractivity contribution in [1.82, 2.24) is 5.32 Å². The molecule has 0 radical (unpaired) electrons. The lowest BCUT2D eigenvalue weighted by atomic mass is 10.2. The number of unbranched alkanes of at least 4 members (excludes halogenated alkanes) is 1. The summed E-state index contributed by atoms with van der Waals surface area (Å²) in [6, 6.07) is 3.04. The van der Waals surface area contributed by atoms with Gasteiger partial charge in [0.2, 0.25) is 0 Å². The largest absolute Gasteiger partial charge is 0.390 e. The van der Waals surface area contributed by atoms with Gasteiger partial charge in [-0.15, -0.1) is 0 Å². The number of carbonyl (C=O) groups is 2. The SMILES string of the molecule is CCCCNC=C1C(=O)Nc2cc(Cl)cc(Cl)c2NC1=O. The van der Waals surface area contributed by atoms with Gasteiger partial charge < -0.3 is 16.0 Å². The van der Waals surface area contributed by atoms with E-state index in [0.29, 0.717) is 22.9 Å². The lowest BCUT2D eigenvalue weighted by molar-refractivity contribution is -0.118. The molecule has 1 aromatic rings. The van der Waals surface area contributed by atoms with Gasteiger partial charge in [0, 0.05) is 17.8 Å². The smallest absolute Gasteiger partial charge is 0.262 e. The van der Waals surface area contributed by atoms with Crippen molar-refractivity contribution in [2.45, 2.75) is 19.8 Å². The van der Waals surface area contributed by atoms with Crippen LogP contribution in [-0.2, 0) is 9.59 Å². The first-order valence-corrected chi connectivity index (χ1v) is 7.33. The maximum absolute atomic E-state index is 12.1. The van der Waals surface area contributed by atoms with Gasteiger partial charge in [0.1, 0.15) is 5.57 Å². The Morgan fingerprint density at radius 3 is 2.62 bits per heavy atom. The van der Waals surface area contributed by atoms with Gasteiger partial charge in [-0.1, -0.05) is 36.5 Å². The Bertz CT molecular complexity index is 614. The average molecular weight is 328 g/mol. The summed E-state index contributed by atoms with van der Waals surface area (Å²) in [6.45, 7) is 2.75. The normalized spacial score (nSPS) is 16.0. The van der Waals surface area contributed by atoms with Crippen molar-refractivity contribution < 1.29 is 9.59 Å². The molecular formula is C14H15Cl2N3O2. The Labute approximate surface area is 132 Å². The van der Waals surface area contributed by atoms with Crippen molar-refractivity contribution in [3.05, 3.63) is 34.0 Å². The monoisotopic (exact) mass is 327 g/mol. The second kappa shape index (κ2) is 6.83. The molecule has 1 heterocycles. The molecule has 0 unspecified atom stereocenters. The van der Waals surface area contributed by atoms with Crippen LogP contribution in [0, 0.1) is 0 Å². The number of anilines is 2. The second-order valence-corrected chi connectivity index (χ2v) is 5.43. The summed E-state index contributed by atoms with van der Waals surface area (Å²) >= 11 is 11.9. The van der Waals surface area contributed by atoms with Crippen molar-refractivity contribution in [3.8, 4) is 0 Å². The van der Waals surface area contributed by atoms with Crippen LogP contribution >= 0.6 is 23.2 Å². The van der Waals surface area contributed by atoms with Gasteiger partial charge in [0.25, 0.3) is 11.8 Å². The number of carbonyl (C=O) groups excluding carboxylic acids is 2. The Morgan fingerprint density at radius 1 is 1.19 bits per heavy atom. The highest BCUT2D eigenvalue weighted by molar-refractivity contribution is 6.39. The first-order chi connectivity index (χ1) is 10.0. The van der Waals surface area contributed by atoms with E-state index in [0.717, 1.165) is 12.8 Å². The molecule has 1 aliphatic rings. The van der Waals surface area contributed by atoms with Gasteiger partial charge >= 0.3 is 0 Å². The molecule has 7 heteroatoms. The predicted molar refractivity (Wildman–Crippen MR) is 84.7 cm³/mol. The maximum Gasteiger partial charge on any atom is 0.262 e. The summed E-state index contributed by atoms with van der Waals surface area (Å²) in [6.07, 6.45) is 3.39. The molecule has 0 aromatic heterocycles. The fourth-order valence-corrected chi connectivity index (χ4v) is 2.40. The number of amides is 2. The fraction of sp³-hybridized carbons (Fsp3) is 0.286. The van der Waals surface area contributed by atoms with Crippen LogP contribution in [0.2, 0.25) is 10.0 Å². The number of hydrogen-bond donors (Lipinski definition) is 3. The van der Waals surface area contributed by atoms with Gasteiger partial charge in [-0.25, -0.2) is 0 Å². The molecule has 5 nitrogen and oxygen atoms in total. The molecule has 0 bridgehead atoms. The molecule has 3 N–H and O–H groups in total. The molecule has 0 fully saturated rings. The molecule has 1 aromatic carbocycles. The third-order valence-corrected chi connectivity index (χ3v) is 3.47. The zero-order valence-electron chi connectivity index (χ0n) is 11.4. The van der Waals surface area contributed by atoms with Crippen molar-refractivity contribution in [1.29, 1.82) is 0 Å². The summed E-state index contributed by atoms with van der Waals surface area (Å²) in [4.78, 5) is 24.2. The van der Waals surface area contributed by atoms with Gasteiger partial charge in [0.15, 0.2) is 0 Å². The second-order valence-electron chi connectivity index (χ2n) is 4.58. The molecule has 0 saturated heterocycles. The Kier molecular flexibility index (Phi) is 5.09. The van der Waals surface area contributed by atoms with Crippen molar-refractivity contribution in [3.63, 3.8) is 0 Å². The Balaban J connectivity index is 2.27. The molecule has 1 aliphatic heterocycles. The molecule has 21 heavy (non-hydrogen) atoms. The highest BCUT2D eigenvalue weighted by Gasteiger charge is 2.26. The van der Waals surface area contributed by atoms with Crippen molar-refractivity contribution in [2.24, 2.45) is 0 Å². The molecule has 0 atom stereocenters. The van der Waals surface area contributed by atoms with Crippen LogP contribution in [-0.4, -0.2) is 18.4 Å². The average Bonchev–Trinajstić information content (AvgIpc) is 2.53. The summed E-state index contributed by atoms with van der Waals surface area (Å²) < 4.78 is 0. The maximum atomic E-state index is 12.1. The van der Waals surface area contributed by atoms with E-state index in [-0.39, 0.29) is 10.6 Å². The molecular weight excluding hydrogens is 313 g/mol. The summed E-state index contributed by atoms with van der Waals surface area (Å²) in [7, 11) is 0. The number of fused-ring (bicyclic) bond motifs is 1.